The molecular formula is C17H14ClN3OS. The Morgan fingerprint density at radius 3 is 2.78 bits per heavy atom. The number of anilines is 1. The van der Waals surface area contributed by atoms with Gasteiger partial charge in [-0.2, -0.15) is 0 Å². The van der Waals surface area contributed by atoms with Crippen molar-refractivity contribution >= 4 is 34.7 Å². The standard InChI is InChI=1S/C17H14ClN3OS/c1-10-5-4-8-19-15(10)21-16(22)14-11(2)20-17(23-14)12-6-3-7-13(18)9-12/h3-9H,1-2H3,(H,19,21,22). The Morgan fingerprint density at radius 1 is 1.22 bits per heavy atom. The van der Waals surface area contributed by atoms with Gasteiger partial charge in [-0.05, 0) is 37.6 Å². The predicted molar refractivity (Wildman–Crippen MR) is 94.2 cm³/mol. The second-order valence-corrected chi connectivity index (χ2v) is 6.50. The summed E-state index contributed by atoms with van der Waals surface area (Å²) < 4.78 is 0. The van der Waals surface area contributed by atoms with Crippen LogP contribution in [0.15, 0.2) is 42.6 Å². The maximum atomic E-state index is 12.5. The number of nitrogens with one attached hydrogen (secondary N) is 1. The van der Waals surface area contributed by atoms with Crippen molar-refractivity contribution in [2.75, 3.05) is 5.32 Å². The van der Waals surface area contributed by atoms with Crippen LogP contribution in [0.5, 0.6) is 0 Å². The Kier molecular flexibility index (Phi) is 4.41. The maximum Gasteiger partial charge on any atom is 0.268 e. The van der Waals surface area contributed by atoms with E-state index in [1.807, 2.05) is 50.2 Å². The van der Waals surface area contributed by atoms with Crippen LogP contribution in [0, 0.1) is 13.8 Å². The summed E-state index contributed by atoms with van der Waals surface area (Å²) in [6, 6.07) is 11.2. The topological polar surface area (TPSA) is 54.9 Å². The Morgan fingerprint density at radius 2 is 2.04 bits per heavy atom. The number of hydrogen-bond donors (Lipinski definition) is 1. The van der Waals surface area contributed by atoms with Gasteiger partial charge in [-0.25, -0.2) is 9.97 Å². The highest BCUT2D eigenvalue weighted by molar-refractivity contribution is 7.17. The number of carbonyl (C=O) groups excluding carboxylic acids is 1. The van der Waals surface area contributed by atoms with E-state index in [1.165, 1.54) is 11.3 Å². The lowest BCUT2D eigenvalue weighted by molar-refractivity contribution is 0.102. The predicted octanol–water partition coefficient (Wildman–Crippen LogP) is 4.73. The van der Waals surface area contributed by atoms with E-state index in [1.54, 1.807) is 6.20 Å². The summed E-state index contributed by atoms with van der Waals surface area (Å²) in [7, 11) is 0. The molecule has 1 aromatic carbocycles. The van der Waals surface area contributed by atoms with Crippen LogP contribution in [-0.4, -0.2) is 15.9 Å². The second-order valence-electron chi connectivity index (χ2n) is 5.07. The Labute approximate surface area is 143 Å². The van der Waals surface area contributed by atoms with Crippen LogP contribution in [0.2, 0.25) is 5.02 Å². The van der Waals surface area contributed by atoms with Gasteiger partial charge in [-0.1, -0.05) is 29.8 Å². The van der Waals surface area contributed by atoms with E-state index in [-0.39, 0.29) is 5.91 Å². The van der Waals surface area contributed by atoms with E-state index < -0.39 is 0 Å². The molecular weight excluding hydrogens is 330 g/mol. The molecule has 1 amide bonds. The minimum Gasteiger partial charge on any atom is -0.306 e. The van der Waals surface area contributed by atoms with Crippen molar-refractivity contribution < 1.29 is 4.79 Å². The van der Waals surface area contributed by atoms with E-state index in [0.29, 0.717) is 21.4 Å². The summed E-state index contributed by atoms with van der Waals surface area (Å²) in [5.41, 5.74) is 2.51. The Hall–Kier alpha value is -2.24. The number of aromatic nitrogens is 2. The van der Waals surface area contributed by atoms with Crippen molar-refractivity contribution in [3.05, 3.63) is 63.8 Å². The lowest BCUT2D eigenvalue weighted by Crippen LogP contribution is -2.13. The molecule has 6 heteroatoms. The van der Waals surface area contributed by atoms with Gasteiger partial charge in [0.15, 0.2) is 0 Å². The molecule has 3 aromatic rings. The molecule has 0 fully saturated rings. The van der Waals surface area contributed by atoms with E-state index in [0.717, 1.165) is 16.1 Å². The molecule has 0 unspecified atom stereocenters. The number of aryl methyl sites for hydroxylation is 2. The number of rotatable bonds is 3. The first kappa shape index (κ1) is 15.6. The molecule has 23 heavy (non-hydrogen) atoms. The van der Waals surface area contributed by atoms with Crippen LogP contribution in [-0.2, 0) is 0 Å². The number of amides is 1. The summed E-state index contributed by atoms with van der Waals surface area (Å²) in [6.07, 6.45) is 1.65. The van der Waals surface area contributed by atoms with E-state index in [4.69, 9.17) is 11.6 Å². The molecule has 2 aromatic heterocycles. The first-order valence-electron chi connectivity index (χ1n) is 7.01. The molecule has 1 N–H and O–H groups in total. The number of pyridine rings is 1. The number of nitrogens with zero attached hydrogens (tertiary/aromatic N) is 2. The first-order chi connectivity index (χ1) is 11.0. The quantitative estimate of drug-likeness (QED) is 0.748. The van der Waals surface area contributed by atoms with Crippen LogP contribution < -0.4 is 5.32 Å². The van der Waals surface area contributed by atoms with Gasteiger partial charge in [0.05, 0.1) is 5.69 Å². The summed E-state index contributed by atoms with van der Waals surface area (Å²) in [4.78, 5) is 21.7. The SMILES string of the molecule is Cc1cccnc1NC(=O)c1sc(-c2cccc(Cl)c2)nc1C. The maximum absolute atomic E-state index is 12.5. The van der Waals surface area contributed by atoms with Crippen molar-refractivity contribution in [1.29, 1.82) is 0 Å². The Balaban J connectivity index is 1.89. The number of carbonyl (C=O) groups is 1. The van der Waals surface area contributed by atoms with Crippen LogP contribution in [0.4, 0.5) is 5.82 Å². The van der Waals surface area contributed by atoms with E-state index >= 15 is 0 Å². The van der Waals surface area contributed by atoms with Gasteiger partial charge in [-0.15, -0.1) is 11.3 Å². The lowest BCUT2D eigenvalue weighted by Gasteiger charge is -2.05. The molecule has 0 spiro atoms. The highest BCUT2D eigenvalue weighted by atomic mass is 35.5. The molecule has 0 aliphatic heterocycles. The van der Waals surface area contributed by atoms with Gasteiger partial charge < -0.3 is 5.32 Å². The van der Waals surface area contributed by atoms with E-state index in [2.05, 4.69) is 15.3 Å². The van der Waals surface area contributed by atoms with Gasteiger partial charge in [0.2, 0.25) is 0 Å². The zero-order valence-corrected chi connectivity index (χ0v) is 14.2. The zero-order chi connectivity index (χ0) is 16.4. The van der Waals surface area contributed by atoms with Gasteiger partial charge in [0.1, 0.15) is 15.7 Å². The fraction of sp³-hybridized carbons (Fsp3) is 0.118. The van der Waals surface area contributed by atoms with Crippen LogP contribution >= 0.6 is 22.9 Å². The number of benzene rings is 1. The number of hydrogen-bond acceptors (Lipinski definition) is 4. The molecule has 2 heterocycles. The van der Waals surface area contributed by atoms with Crippen LogP contribution in [0.1, 0.15) is 20.9 Å². The summed E-state index contributed by atoms with van der Waals surface area (Å²) in [6.45, 7) is 3.73. The lowest BCUT2D eigenvalue weighted by atomic mass is 10.2. The van der Waals surface area contributed by atoms with Crippen molar-refractivity contribution in [3.8, 4) is 10.6 Å². The van der Waals surface area contributed by atoms with Gasteiger partial charge in [0, 0.05) is 16.8 Å². The zero-order valence-electron chi connectivity index (χ0n) is 12.6. The number of thiazole rings is 1. The molecule has 0 saturated carbocycles. The summed E-state index contributed by atoms with van der Waals surface area (Å²) >= 11 is 7.36. The molecule has 0 aliphatic carbocycles. The smallest absolute Gasteiger partial charge is 0.268 e. The average Bonchev–Trinajstić information content (AvgIpc) is 2.92. The summed E-state index contributed by atoms with van der Waals surface area (Å²) in [5.74, 6) is 0.365. The molecule has 0 bridgehead atoms. The largest absolute Gasteiger partial charge is 0.306 e. The fourth-order valence-electron chi connectivity index (χ4n) is 2.13. The van der Waals surface area contributed by atoms with E-state index in [9.17, 15) is 4.79 Å². The van der Waals surface area contributed by atoms with Crippen molar-refractivity contribution in [2.45, 2.75) is 13.8 Å². The van der Waals surface area contributed by atoms with Crippen molar-refractivity contribution in [1.82, 2.24) is 9.97 Å². The molecule has 4 nitrogen and oxygen atoms in total. The Bertz CT molecular complexity index is 876. The van der Waals surface area contributed by atoms with Gasteiger partial charge >= 0.3 is 0 Å². The highest BCUT2D eigenvalue weighted by Crippen LogP contribution is 2.30. The normalized spacial score (nSPS) is 10.6. The second kappa shape index (κ2) is 6.48. The molecule has 0 saturated heterocycles. The van der Waals surface area contributed by atoms with Crippen molar-refractivity contribution in [3.63, 3.8) is 0 Å². The highest BCUT2D eigenvalue weighted by Gasteiger charge is 2.17. The minimum atomic E-state index is -0.199. The fourth-order valence-corrected chi connectivity index (χ4v) is 3.28. The third kappa shape index (κ3) is 3.41. The van der Waals surface area contributed by atoms with Crippen molar-refractivity contribution in [2.24, 2.45) is 0 Å². The first-order valence-corrected chi connectivity index (χ1v) is 8.20. The number of halogens is 1. The minimum absolute atomic E-state index is 0.199. The molecule has 0 aliphatic rings. The van der Waals surface area contributed by atoms with Crippen LogP contribution in [0.3, 0.4) is 0 Å². The third-order valence-electron chi connectivity index (χ3n) is 3.32. The average molecular weight is 344 g/mol. The monoisotopic (exact) mass is 343 g/mol. The van der Waals surface area contributed by atoms with Gasteiger partial charge in [0.25, 0.3) is 5.91 Å². The van der Waals surface area contributed by atoms with Gasteiger partial charge in [-0.3, -0.25) is 4.79 Å². The molecule has 3 rings (SSSR count). The molecule has 0 radical (unpaired) electrons. The van der Waals surface area contributed by atoms with Crippen LogP contribution in [0.25, 0.3) is 10.6 Å². The third-order valence-corrected chi connectivity index (χ3v) is 4.76. The molecule has 116 valence electrons. The molecule has 0 atom stereocenters. The summed E-state index contributed by atoms with van der Waals surface area (Å²) in [5, 5.41) is 4.25.